The van der Waals surface area contributed by atoms with E-state index in [1.807, 2.05) is 4.90 Å². The lowest BCUT2D eigenvalue weighted by Crippen LogP contribution is -2.52. The van der Waals surface area contributed by atoms with Crippen molar-refractivity contribution in [3.63, 3.8) is 0 Å². The minimum absolute atomic E-state index is 0.0305. The zero-order valence-electron chi connectivity index (χ0n) is 16.7. The third kappa shape index (κ3) is 4.97. The SMILES string of the molecule is CCCCOc1ccc(C(=O)N2CCN([C@H]3CCS(=O)(=O)C3)CC2)cc1OC. The molecule has 0 aromatic heterocycles. The number of hydrogen-bond donors (Lipinski definition) is 0. The van der Waals surface area contributed by atoms with Gasteiger partial charge in [0.1, 0.15) is 0 Å². The summed E-state index contributed by atoms with van der Waals surface area (Å²) in [5, 5.41) is 0. The van der Waals surface area contributed by atoms with E-state index in [9.17, 15) is 13.2 Å². The predicted octanol–water partition coefficient (Wildman–Crippen LogP) is 1.82. The van der Waals surface area contributed by atoms with Gasteiger partial charge < -0.3 is 14.4 Å². The molecule has 2 heterocycles. The Bertz CT molecular complexity index is 788. The summed E-state index contributed by atoms with van der Waals surface area (Å²) in [5.41, 5.74) is 0.580. The topological polar surface area (TPSA) is 76.2 Å². The Kier molecular flexibility index (Phi) is 6.82. The molecule has 0 bridgehead atoms. The molecule has 28 heavy (non-hydrogen) atoms. The standard InChI is InChI=1S/C20H30N2O5S/c1-3-4-12-27-18-6-5-16(14-19(18)26-2)20(23)22-10-8-21(9-11-22)17-7-13-28(24,25)15-17/h5-6,14,17H,3-4,7-13,15H2,1-2H3/t17-/m0/s1. The van der Waals surface area contributed by atoms with Crippen molar-refractivity contribution in [3.8, 4) is 11.5 Å². The van der Waals surface area contributed by atoms with Crippen LogP contribution in [-0.2, 0) is 9.84 Å². The fourth-order valence-electron chi connectivity index (χ4n) is 3.78. The highest BCUT2D eigenvalue weighted by molar-refractivity contribution is 7.91. The second-order valence-electron chi connectivity index (χ2n) is 7.45. The van der Waals surface area contributed by atoms with Crippen molar-refractivity contribution in [1.29, 1.82) is 0 Å². The molecular formula is C20H30N2O5S. The molecule has 0 saturated carbocycles. The van der Waals surface area contributed by atoms with Gasteiger partial charge in [0.15, 0.2) is 21.3 Å². The first kappa shape index (κ1) is 20.9. The summed E-state index contributed by atoms with van der Waals surface area (Å²) in [6, 6.07) is 5.41. The van der Waals surface area contributed by atoms with E-state index in [-0.39, 0.29) is 23.5 Å². The van der Waals surface area contributed by atoms with Gasteiger partial charge >= 0.3 is 0 Å². The number of sulfone groups is 1. The number of amides is 1. The van der Waals surface area contributed by atoms with Crippen molar-refractivity contribution >= 4 is 15.7 Å². The molecule has 3 rings (SSSR count). The fraction of sp³-hybridized carbons (Fsp3) is 0.650. The van der Waals surface area contributed by atoms with Gasteiger partial charge in [0.05, 0.1) is 25.2 Å². The average molecular weight is 411 g/mol. The number of carbonyl (C=O) groups is 1. The lowest BCUT2D eigenvalue weighted by Gasteiger charge is -2.37. The van der Waals surface area contributed by atoms with Crippen molar-refractivity contribution in [2.75, 3.05) is 51.4 Å². The Labute approximate surface area is 167 Å². The molecule has 0 spiro atoms. The Morgan fingerprint density at radius 3 is 2.54 bits per heavy atom. The van der Waals surface area contributed by atoms with Crippen molar-refractivity contribution < 1.29 is 22.7 Å². The molecule has 0 radical (unpaired) electrons. The van der Waals surface area contributed by atoms with E-state index >= 15 is 0 Å². The number of rotatable bonds is 7. The van der Waals surface area contributed by atoms with Gasteiger partial charge in [0, 0.05) is 37.8 Å². The number of ether oxygens (including phenoxy) is 2. The quantitative estimate of drug-likeness (QED) is 0.638. The van der Waals surface area contributed by atoms with Crippen LogP contribution in [0.5, 0.6) is 11.5 Å². The Morgan fingerprint density at radius 2 is 1.93 bits per heavy atom. The van der Waals surface area contributed by atoms with E-state index in [1.54, 1.807) is 25.3 Å². The van der Waals surface area contributed by atoms with Gasteiger partial charge in [-0.15, -0.1) is 0 Å². The molecule has 7 nitrogen and oxygen atoms in total. The number of hydrogen-bond acceptors (Lipinski definition) is 6. The number of nitrogens with zero attached hydrogens (tertiary/aromatic N) is 2. The van der Waals surface area contributed by atoms with Crippen LogP contribution < -0.4 is 9.47 Å². The van der Waals surface area contributed by atoms with Gasteiger partial charge in [-0.25, -0.2) is 8.42 Å². The molecule has 2 aliphatic heterocycles. The zero-order chi connectivity index (χ0) is 20.1. The molecule has 2 aliphatic rings. The first-order valence-corrected chi connectivity index (χ1v) is 11.8. The highest BCUT2D eigenvalue weighted by Gasteiger charge is 2.34. The highest BCUT2D eigenvalue weighted by Crippen LogP contribution is 2.29. The van der Waals surface area contributed by atoms with E-state index in [0.29, 0.717) is 56.3 Å². The summed E-state index contributed by atoms with van der Waals surface area (Å²) < 4.78 is 34.5. The number of benzene rings is 1. The largest absolute Gasteiger partial charge is 0.493 e. The van der Waals surface area contributed by atoms with Crippen LogP contribution in [0.25, 0.3) is 0 Å². The van der Waals surface area contributed by atoms with Gasteiger partial charge in [0.25, 0.3) is 5.91 Å². The molecule has 1 aromatic carbocycles. The predicted molar refractivity (Wildman–Crippen MR) is 108 cm³/mol. The minimum atomic E-state index is -2.89. The van der Waals surface area contributed by atoms with E-state index in [2.05, 4.69) is 11.8 Å². The molecule has 1 amide bonds. The number of methoxy groups -OCH3 is 1. The first-order valence-electron chi connectivity index (χ1n) is 9.98. The smallest absolute Gasteiger partial charge is 0.254 e. The summed E-state index contributed by atoms with van der Waals surface area (Å²) in [4.78, 5) is 16.9. The molecule has 0 aliphatic carbocycles. The van der Waals surface area contributed by atoms with Gasteiger partial charge in [-0.3, -0.25) is 9.69 Å². The molecule has 2 fully saturated rings. The van der Waals surface area contributed by atoms with Crippen LogP contribution in [0.1, 0.15) is 36.5 Å². The molecule has 1 atom stereocenters. The summed E-state index contributed by atoms with van der Waals surface area (Å²) in [7, 11) is -1.31. The average Bonchev–Trinajstić information content (AvgIpc) is 3.07. The zero-order valence-corrected chi connectivity index (χ0v) is 17.5. The van der Waals surface area contributed by atoms with Crippen molar-refractivity contribution in [2.45, 2.75) is 32.2 Å². The van der Waals surface area contributed by atoms with Crippen LogP contribution >= 0.6 is 0 Å². The number of unbranched alkanes of at least 4 members (excludes halogenated alkanes) is 1. The maximum absolute atomic E-state index is 12.9. The minimum Gasteiger partial charge on any atom is -0.493 e. The maximum Gasteiger partial charge on any atom is 0.254 e. The molecule has 2 saturated heterocycles. The highest BCUT2D eigenvalue weighted by atomic mass is 32.2. The Morgan fingerprint density at radius 1 is 1.18 bits per heavy atom. The van der Waals surface area contributed by atoms with Crippen LogP contribution in [0.4, 0.5) is 0 Å². The summed E-state index contributed by atoms with van der Waals surface area (Å²) >= 11 is 0. The number of carbonyl (C=O) groups excluding carboxylic acids is 1. The van der Waals surface area contributed by atoms with Crippen molar-refractivity contribution in [2.24, 2.45) is 0 Å². The molecular weight excluding hydrogens is 380 g/mol. The van der Waals surface area contributed by atoms with Crippen LogP contribution in [0.3, 0.4) is 0 Å². The molecule has 0 N–H and O–H groups in total. The van der Waals surface area contributed by atoms with Gasteiger partial charge in [-0.2, -0.15) is 0 Å². The molecule has 156 valence electrons. The third-order valence-corrected chi connectivity index (χ3v) is 7.24. The molecule has 1 aromatic rings. The first-order chi connectivity index (χ1) is 13.4. The maximum atomic E-state index is 12.9. The van der Waals surface area contributed by atoms with E-state index in [1.165, 1.54) is 0 Å². The summed E-state index contributed by atoms with van der Waals surface area (Å²) in [5.74, 6) is 1.72. The Balaban J connectivity index is 1.58. The van der Waals surface area contributed by atoms with E-state index < -0.39 is 9.84 Å². The van der Waals surface area contributed by atoms with Crippen molar-refractivity contribution in [3.05, 3.63) is 23.8 Å². The fourth-order valence-corrected chi connectivity index (χ4v) is 5.54. The van der Waals surface area contributed by atoms with Crippen LogP contribution in [-0.4, -0.2) is 81.6 Å². The Hall–Kier alpha value is -1.80. The monoisotopic (exact) mass is 410 g/mol. The van der Waals surface area contributed by atoms with Gasteiger partial charge in [-0.1, -0.05) is 13.3 Å². The van der Waals surface area contributed by atoms with Crippen LogP contribution in [0.2, 0.25) is 0 Å². The number of piperazine rings is 1. The second-order valence-corrected chi connectivity index (χ2v) is 9.68. The second kappa shape index (κ2) is 9.13. The van der Waals surface area contributed by atoms with E-state index in [0.717, 1.165) is 12.8 Å². The van der Waals surface area contributed by atoms with Gasteiger partial charge in [-0.05, 0) is 31.0 Å². The van der Waals surface area contributed by atoms with Crippen molar-refractivity contribution in [1.82, 2.24) is 9.80 Å². The van der Waals surface area contributed by atoms with Crippen LogP contribution in [0.15, 0.2) is 18.2 Å². The molecule has 8 heteroatoms. The normalized spacial score (nSPS) is 22.2. The van der Waals surface area contributed by atoms with Crippen LogP contribution in [0, 0.1) is 0 Å². The molecule has 0 unspecified atom stereocenters. The lowest BCUT2D eigenvalue weighted by atomic mass is 10.1. The summed E-state index contributed by atoms with van der Waals surface area (Å²) in [6.45, 7) is 5.36. The van der Waals surface area contributed by atoms with E-state index in [4.69, 9.17) is 9.47 Å². The summed E-state index contributed by atoms with van der Waals surface area (Å²) in [6.07, 6.45) is 2.72. The third-order valence-electron chi connectivity index (χ3n) is 5.49. The van der Waals surface area contributed by atoms with Gasteiger partial charge in [0.2, 0.25) is 0 Å². The lowest BCUT2D eigenvalue weighted by molar-refractivity contribution is 0.0587.